The number of quaternary nitrogens is 1. The monoisotopic (exact) mass is 523 g/mol. The van der Waals surface area contributed by atoms with Crippen molar-refractivity contribution < 1.29 is 56.2 Å². The summed E-state index contributed by atoms with van der Waals surface area (Å²) in [4.78, 5) is 37.1. The Balaban J connectivity index is 0.00000648. The molecule has 9 nitrogen and oxygen atoms in total. The lowest BCUT2D eigenvalue weighted by Gasteiger charge is -2.18. The number of hydrogen-bond acceptors (Lipinski definition) is 8. The lowest BCUT2D eigenvalue weighted by molar-refractivity contribution is -0.693. The normalized spacial score (nSPS) is 12.2. The van der Waals surface area contributed by atoms with Crippen molar-refractivity contribution in [3.63, 3.8) is 0 Å². The molecule has 0 bridgehead atoms. The van der Waals surface area contributed by atoms with Crippen LogP contribution in [0.25, 0.3) is 0 Å². The first-order valence-corrected chi connectivity index (χ1v) is 11.6. The second kappa shape index (κ2) is 15.8. The summed E-state index contributed by atoms with van der Waals surface area (Å²) in [6, 6.07) is 13.7. The van der Waals surface area contributed by atoms with Crippen molar-refractivity contribution in [3.8, 4) is 11.5 Å². The van der Waals surface area contributed by atoms with Crippen molar-refractivity contribution in [3.05, 3.63) is 59.7 Å². The van der Waals surface area contributed by atoms with Gasteiger partial charge in [0.2, 0.25) is 0 Å². The van der Waals surface area contributed by atoms with Crippen molar-refractivity contribution >= 4 is 17.7 Å². The quantitative estimate of drug-likeness (QED) is 0.180. The highest BCUT2D eigenvalue weighted by atomic mass is 35.5. The Morgan fingerprint density at radius 3 is 2.11 bits per heavy atom. The van der Waals surface area contributed by atoms with E-state index in [4.69, 9.17) is 18.9 Å². The fraction of sp³-hybridized carbons (Fsp3) is 0.423. The standard InChI is InChI=1S/C26H33NO8.ClH/c1-5-33-25(30)24(26(31)34-6-2)35-21-13-12-19(16-22(21)32-4)20(28)14-15-27-17(3)23(29)18-10-8-7-9-11-18;/h7-13,16-17,23-24,27,29H,5-6,14-15H2,1-4H3;1H. The predicted molar refractivity (Wildman–Crippen MR) is 127 cm³/mol. The molecule has 0 aromatic heterocycles. The third kappa shape index (κ3) is 8.82. The number of aliphatic hydroxyl groups is 1. The molecule has 36 heavy (non-hydrogen) atoms. The van der Waals surface area contributed by atoms with Crippen LogP contribution in [0, 0.1) is 0 Å². The average molecular weight is 524 g/mol. The molecule has 0 amide bonds. The molecule has 0 aliphatic rings. The minimum atomic E-state index is -1.61. The topological polar surface area (TPSA) is 125 Å². The number of rotatable bonds is 14. The van der Waals surface area contributed by atoms with Crippen LogP contribution in [0.4, 0.5) is 0 Å². The lowest BCUT2D eigenvalue weighted by atomic mass is 10.0. The molecule has 0 spiro atoms. The Morgan fingerprint density at radius 2 is 1.56 bits per heavy atom. The molecule has 0 saturated heterocycles. The van der Waals surface area contributed by atoms with Crippen LogP contribution in [-0.2, 0) is 19.1 Å². The Labute approximate surface area is 217 Å². The van der Waals surface area contributed by atoms with E-state index in [1.165, 1.54) is 25.3 Å². The first-order chi connectivity index (χ1) is 16.8. The highest BCUT2D eigenvalue weighted by Crippen LogP contribution is 2.30. The van der Waals surface area contributed by atoms with Crippen molar-refractivity contribution in [2.75, 3.05) is 26.9 Å². The third-order valence-electron chi connectivity index (χ3n) is 5.28. The molecule has 2 atom stereocenters. The van der Waals surface area contributed by atoms with Gasteiger partial charge in [-0.2, -0.15) is 0 Å². The highest BCUT2D eigenvalue weighted by Gasteiger charge is 2.33. The Morgan fingerprint density at radius 1 is 0.944 bits per heavy atom. The van der Waals surface area contributed by atoms with E-state index in [9.17, 15) is 19.5 Å². The van der Waals surface area contributed by atoms with E-state index >= 15 is 0 Å². The van der Waals surface area contributed by atoms with Gasteiger partial charge in [-0.15, -0.1) is 0 Å². The van der Waals surface area contributed by atoms with Crippen LogP contribution < -0.4 is 27.2 Å². The maximum Gasteiger partial charge on any atom is 0.359 e. The largest absolute Gasteiger partial charge is 1.00 e. The number of nitrogens with two attached hydrogens (primary N) is 1. The summed E-state index contributed by atoms with van der Waals surface area (Å²) in [5.41, 5.74) is 1.22. The molecule has 2 aromatic rings. The number of methoxy groups -OCH3 is 1. The summed E-state index contributed by atoms with van der Waals surface area (Å²) in [5.74, 6) is -1.60. The number of carbonyl (C=O) groups excluding carboxylic acids is 3. The lowest BCUT2D eigenvalue weighted by Crippen LogP contribution is -3.00. The summed E-state index contributed by atoms with van der Waals surface area (Å²) in [5, 5.41) is 12.4. The molecular formula is C26H34ClNO8. The van der Waals surface area contributed by atoms with Crippen molar-refractivity contribution in [2.24, 2.45) is 0 Å². The minimum absolute atomic E-state index is 0. The fourth-order valence-electron chi connectivity index (χ4n) is 3.40. The maximum absolute atomic E-state index is 12.7. The number of ketones is 1. The van der Waals surface area contributed by atoms with Gasteiger partial charge in [-0.25, -0.2) is 9.59 Å². The molecule has 2 rings (SSSR count). The summed E-state index contributed by atoms with van der Waals surface area (Å²) in [6.07, 6.45) is -2.02. The number of carbonyl (C=O) groups is 3. The zero-order chi connectivity index (χ0) is 25.8. The van der Waals surface area contributed by atoms with Gasteiger partial charge in [0.15, 0.2) is 17.3 Å². The maximum atomic E-state index is 12.7. The summed E-state index contributed by atoms with van der Waals surface area (Å²) in [7, 11) is 1.39. The van der Waals surface area contributed by atoms with E-state index in [1.54, 1.807) is 13.8 Å². The number of ether oxygens (including phenoxy) is 4. The van der Waals surface area contributed by atoms with E-state index in [-0.39, 0.29) is 55.4 Å². The van der Waals surface area contributed by atoms with Crippen molar-refractivity contribution in [1.29, 1.82) is 0 Å². The van der Waals surface area contributed by atoms with E-state index in [2.05, 4.69) is 0 Å². The van der Waals surface area contributed by atoms with Gasteiger partial charge in [0, 0.05) is 5.56 Å². The zero-order valence-electron chi connectivity index (χ0n) is 20.9. The first-order valence-electron chi connectivity index (χ1n) is 11.6. The van der Waals surface area contributed by atoms with Crippen LogP contribution in [0.1, 0.15) is 49.2 Å². The van der Waals surface area contributed by atoms with Crippen LogP contribution >= 0.6 is 0 Å². The molecule has 2 aromatic carbocycles. The van der Waals surface area contributed by atoms with Crippen LogP contribution in [0.15, 0.2) is 48.5 Å². The molecule has 0 aliphatic carbocycles. The molecular weight excluding hydrogens is 490 g/mol. The summed E-state index contributed by atoms with van der Waals surface area (Å²) >= 11 is 0. The summed E-state index contributed by atoms with van der Waals surface area (Å²) in [6.45, 7) is 5.75. The summed E-state index contributed by atoms with van der Waals surface area (Å²) < 4.78 is 20.7. The van der Waals surface area contributed by atoms with E-state index in [0.717, 1.165) is 5.56 Å². The first kappa shape index (κ1) is 30.9. The van der Waals surface area contributed by atoms with Gasteiger partial charge < -0.3 is 41.8 Å². The zero-order valence-corrected chi connectivity index (χ0v) is 21.7. The molecule has 0 heterocycles. The molecule has 198 valence electrons. The Hall–Kier alpha value is -3.14. The van der Waals surface area contributed by atoms with E-state index in [1.807, 2.05) is 42.6 Å². The molecule has 0 saturated carbocycles. The van der Waals surface area contributed by atoms with Crippen LogP contribution in [0.2, 0.25) is 0 Å². The molecule has 3 N–H and O–H groups in total. The van der Waals surface area contributed by atoms with Gasteiger partial charge in [-0.3, -0.25) is 4.79 Å². The van der Waals surface area contributed by atoms with Gasteiger partial charge >= 0.3 is 11.9 Å². The molecule has 0 fully saturated rings. The van der Waals surface area contributed by atoms with Crippen molar-refractivity contribution in [1.82, 2.24) is 0 Å². The van der Waals surface area contributed by atoms with Crippen LogP contribution in [0.5, 0.6) is 11.5 Å². The second-order valence-electron chi connectivity index (χ2n) is 7.78. The van der Waals surface area contributed by atoms with Crippen LogP contribution in [-0.4, -0.2) is 61.8 Å². The van der Waals surface area contributed by atoms with Gasteiger partial charge in [0.1, 0.15) is 12.1 Å². The Kier molecular flexibility index (Phi) is 13.5. The minimum Gasteiger partial charge on any atom is -1.00 e. The van der Waals surface area contributed by atoms with E-state index < -0.39 is 24.1 Å². The number of hydrogen-bond donors (Lipinski definition) is 2. The van der Waals surface area contributed by atoms with Gasteiger partial charge in [0.05, 0.1) is 33.3 Å². The fourth-order valence-corrected chi connectivity index (χ4v) is 3.40. The van der Waals surface area contributed by atoms with Crippen LogP contribution in [0.3, 0.4) is 0 Å². The molecule has 2 unspecified atom stereocenters. The second-order valence-corrected chi connectivity index (χ2v) is 7.78. The number of esters is 2. The smallest absolute Gasteiger partial charge is 0.359 e. The number of Topliss-reactive ketones (excluding diaryl/α,β-unsaturated/α-hetero) is 1. The van der Waals surface area contributed by atoms with Gasteiger partial charge in [-0.1, -0.05) is 30.3 Å². The van der Waals surface area contributed by atoms with Gasteiger partial charge in [-0.05, 0) is 44.5 Å². The SMILES string of the molecule is CCOC(=O)C(Oc1ccc(C(=O)CC[NH2+]C(C)C(O)c2ccccc2)cc1OC)C(=O)OCC.[Cl-]. The molecule has 0 aliphatic heterocycles. The molecule has 10 heteroatoms. The average Bonchev–Trinajstić information content (AvgIpc) is 2.87. The van der Waals surface area contributed by atoms with Crippen molar-refractivity contribution in [2.45, 2.75) is 45.4 Å². The number of halogens is 1. The predicted octanol–water partition coefficient (Wildman–Crippen LogP) is -1.17. The van der Waals surface area contributed by atoms with Gasteiger partial charge in [0.25, 0.3) is 6.10 Å². The molecule has 0 radical (unpaired) electrons. The number of benzene rings is 2. The Bertz CT molecular complexity index is 967. The number of aliphatic hydroxyl groups excluding tert-OH is 1. The third-order valence-corrected chi connectivity index (χ3v) is 5.28. The highest BCUT2D eigenvalue weighted by molar-refractivity contribution is 5.99. The van der Waals surface area contributed by atoms with E-state index in [0.29, 0.717) is 12.1 Å².